The average molecular weight is 393 g/mol. The zero-order chi connectivity index (χ0) is 17.1. The number of nitrogens with zero attached hydrogens (tertiary/aromatic N) is 3. The molecule has 0 aliphatic carbocycles. The molecule has 0 atom stereocenters. The van der Waals surface area contributed by atoms with Crippen molar-refractivity contribution in [3.63, 3.8) is 0 Å². The Morgan fingerprint density at radius 3 is 2.71 bits per heavy atom. The number of likely N-dealkylation sites (tertiary alicyclic amines) is 1. The minimum atomic E-state index is -0.151. The quantitative estimate of drug-likeness (QED) is 0.867. The van der Waals surface area contributed by atoms with Crippen LogP contribution in [0.4, 0.5) is 6.01 Å². The molecule has 0 unspecified atom stereocenters. The summed E-state index contributed by atoms with van der Waals surface area (Å²) in [6, 6.07) is 7.56. The third-order valence-electron chi connectivity index (χ3n) is 4.04. The molecule has 0 bridgehead atoms. The summed E-state index contributed by atoms with van der Waals surface area (Å²) in [7, 11) is 0. The fraction of sp³-hybridized carbons (Fsp3) is 0.375. The number of anilines is 1. The van der Waals surface area contributed by atoms with Crippen molar-refractivity contribution >= 4 is 33.8 Å². The van der Waals surface area contributed by atoms with Crippen molar-refractivity contribution < 1.29 is 14.0 Å². The molecule has 2 heterocycles. The van der Waals surface area contributed by atoms with Crippen LogP contribution in [0, 0.1) is 5.92 Å². The van der Waals surface area contributed by atoms with Crippen molar-refractivity contribution in [2.75, 3.05) is 18.4 Å². The molecule has 1 aromatic carbocycles. The molecule has 24 heavy (non-hydrogen) atoms. The first kappa shape index (κ1) is 16.6. The first-order valence-corrected chi connectivity index (χ1v) is 8.48. The molecule has 1 saturated heterocycles. The molecule has 1 aliphatic heterocycles. The van der Waals surface area contributed by atoms with Crippen LogP contribution >= 0.6 is 15.9 Å². The molecular formula is C16H17BrN4O3. The van der Waals surface area contributed by atoms with Gasteiger partial charge in [0.1, 0.15) is 0 Å². The summed E-state index contributed by atoms with van der Waals surface area (Å²) in [5.41, 5.74) is 0.771. The van der Waals surface area contributed by atoms with E-state index >= 15 is 0 Å². The maximum Gasteiger partial charge on any atom is 0.322 e. The number of nitrogens with one attached hydrogen (secondary N) is 1. The summed E-state index contributed by atoms with van der Waals surface area (Å²) in [5, 5.41) is 10.5. The number of aromatic nitrogens is 2. The number of hydrogen-bond donors (Lipinski definition) is 1. The topological polar surface area (TPSA) is 88.3 Å². The van der Waals surface area contributed by atoms with Gasteiger partial charge >= 0.3 is 6.01 Å². The largest absolute Gasteiger partial charge is 0.403 e. The van der Waals surface area contributed by atoms with E-state index in [1.807, 2.05) is 24.3 Å². The molecule has 1 aliphatic rings. The van der Waals surface area contributed by atoms with Gasteiger partial charge < -0.3 is 9.32 Å². The van der Waals surface area contributed by atoms with E-state index in [9.17, 15) is 9.59 Å². The van der Waals surface area contributed by atoms with Gasteiger partial charge in [0.2, 0.25) is 17.7 Å². The molecule has 1 aromatic heterocycles. The monoisotopic (exact) mass is 392 g/mol. The van der Waals surface area contributed by atoms with Crippen LogP contribution in [-0.2, 0) is 9.59 Å². The highest BCUT2D eigenvalue weighted by Crippen LogP contribution is 2.24. The van der Waals surface area contributed by atoms with Gasteiger partial charge in [-0.25, -0.2) is 0 Å². The Balaban J connectivity index is 1.61. The van der Waals surface area contributed by atoms with Crippen LogP contribution in [-0.4, -0.2) is 40.0 Å². The van der Waals surface area contributed by atoms with Crippen LogP contribution in [0.15, 0.2) is 33.2 Å². The maximum atomic E-state index is 12.3. The van der Waals surface area contributed by atoms with E-state index in [2.05, 4.69) is 31.4 Å². The second-order valence-corrected chi connectivity index (χ2v) is 6.61. The van der Waals surface area contributed by atoms with Crippen LogP contribution in [0.5, 0.6) is 0 Å². The highest BCUT2D eigenvalue weighted by Gasteiger charge is 2.27. The lowest BCUT2D eigenvalue weighted by Crippen LogP contribution is -2.40. The van der Waals surface area contributed by atoms with Gasteiger partial charge in [-0.2, -0.15) is 0 Å². The van der Waals surface area contributed by atoms with Crippen LogP contribution in [0.1, 0.15) is 19.8 Å². The highest BCUT2D eigenvalue weighted by molar-refractivity contribution is 9.10. The highest BCUT2D eigenvalue weighted by atomic mass is 79.9. The van der Waals surface area contributed by atoms with Gasteiger partial charge in [-0.3, -0.25) is 14.9 Å². The molecule has 0 radical (unpaired) electrons. The van der Waals surface area contributed by atoms with Crippen molar-refractivity contribution in [3.05, 3.63) is 28.7 Å². The van der Waals surface area contributed by atoms with E-state index in [0.29, 0.717) is 31.8 Å². The molecule has 2 aromatic rings. The SMILES string of the molecule is CC(=O)N1CCC(C(=O)Nc2nnc(-c3cccc(Br)c3)o2)CC1. The molecule has 3 rings (SSSR count). The van der Waals surface area contributed by atoms with E-state index in [4.69, 9.17) is 4.42 Å². The van der Waals surface area contributed by atoms with Gasteiger partial charge in [0.05, 0.1) is 0 Å². The number of carbonyl (C=O) groups is 2. The Kier molecular flexibility index (Phi) is 4.94. The van der Waals surface area contributed by atoms with Gasteiger partial charge in [0, 0.05) is 36.0 Å². The van der Waals surface area contributed by atoms with Crippen LogP contribution < -0.4 is 5.32 Å². The Hall–Kier alpha value is -2.22. The summed E-state index contributed by atoms with van der Waals surface area (Å²) in [6.07, 6.45) is 1.27. The molecule has 1 N–H and O–H groups in total. The van der Waals surface area contributed by atoms with E-state index in [1.165, 1.54) is 0 Å². The smallest absolute Gasteiger partial charge is 0.322 e. The number of amides is 2. The van der Waals surface area contributed by atoms with Gasteiger partial charge in [0.25, 0.3) is 0 Å². The van der Waals surface area contributed by atoms with Crippen LogP contribution in [0.3, 0.4) is 0 Å². The number of piperidine rings is 1. The molecule has 2 amide bonds. The first-order valence-electron chi connectivity index (χ1n) is 7.69. The van der Waals surface area contributed by atoms with E-state index in [1.54, 1.807) is 11.8 Å². The van der Waals surface area contributed by atoms with Crippen molar-refractivity contribution in [1.29, 1.82) is 0 Å². The second-order valence-electron chi connectivity index (χ2n) is 5.69. The third-order valence-corrected chi connectivity index (χ3v) is 4.53. The molecule has 1 fully saturated rings. The summed E-state index contributed by atoms with van der Waals surface area (Å²) >= 11 is 3.39. The lowest BCUT2D eigenvalue weighted by molar-refractivity contribution is -0.132. The number of rotatable bonds is 3. The molecular weight excluding hydrogens is 376 g/mol. The second kappa shape index (κ2) is 7.12. The maximum absolute atomic E-state index is 12.3. The predicted octanol–water partition coefficient (Wildman–Crippen LogP) is 2.70. The van der Waals surface area contributed by atoms with Crippen molar-refractivity contribution in [3.8, 4) is 11.5 Å². The van der Waals surface area contributed by atoms with E-state index in [-0.39, 0.29) is 23.7 Å². The fourth-order valence-corrected chi connectivity index (χ4v) is 3.08. The molecule has 0 spiro atoms. The lowest BCUT2D eigenvalue weighted by atomic mass is 9.96. The summed E-state index contributed by atoms with van der Waals surface area (Å²) < 4.78 is 6.41. The van der Waals surface area contributed by atoms with Crippen molar-refractivity contribution in [2.45, 2.75) is 19.8 Å². The Morgan fingerprint density at radius 2 is 2.04 bits per heavy atom. The summed E-state index contributed by atoms with van der Waals surface area (Å²) in [5.74, 6) is 0.0897. The van der Waals surface area contributed by atoms with E-state index < -0.39 is 0 Å². The zero-order valence-electron chi connectivity index (χ0n) is 13.2. The minimum Gasteiger partial charge on any atom is -0.403 e. The van der Waals surface area contributed by atoms with Crippen molar-refractivity contribution in [2.24, 2.45) is 5.92 Å². The van der Waals surface area contributed by atoms with Crippen LogP contribution in [0.2, 0.25) is 0 Å². The van der Waals surface area contributed by atoms with Crippen LogP contribution in [0.25, 0.3) is 11.5 Å². The Morgan fingerprint density at radius 1 is 1.29 bits per heavy atom. The fourth-order valence-electron chi connectivity index (χ4n) is 2.68. The van der Waals surface area contributed by atoms with E-state index in [0.717, 1.165) is 10.0 Å². The Bertz CT molecular complexity index is 753. The van der Waals surface area contributed by atoms with Gasteiger partial charge in [0.15, 0.2) is 0 Å². The average Bonchev–Trinajstić information content (AvgIpc) is 3.03. The predicted molar refractivity (Wildman–Crippen MR) is 91.0 cm³/mol. The number of halogens is 1. The van der Waals surface area contributed by atoms with Crippen molar-refractivity contribution in [1.82, 2.24) is 15.1 Å². The first-order chi connectivity index (χ1) is 11.5. The number of benzene rings is 1. The molecule has 0 saturated carbocycles. The van der Waals surface area contributed by atoms with Gasteiger partial charge in [-0.05, 0) is 31.0 Å². The zero-order valence-corrected chi connectivity index (χ0v) is 14.7. The Labute approximate surface area is 147 Å². The summed E-state index contributed by atoms with van der Waals surface area (Å²) in [6.45, 7) is 2.74. The third kappa shape index (κ3) is 3.81. The number of carbonyl (C=O) groups excluding carboxylic acids is 2. The molecule has 126 valence electrons. The summed E-state index contributed by atoms with van der Waals surface area (Å²) in [4.78, 5) is 25.4. The standard InChI is InChI=1S/C16H17BrN4O3/c1-10(22)21-7-5-11(6-8-21)14(23)18-16-20-19-15(24-16)12-3-2-4-13(17)9-12/h2-4,9,11H,5-8H2,1H3,(H,18,20,23). The molecule has 8 heteroatoms. The minimum absolute atomic E-state index is 0.0458. The normalized spacial score (nSPS) is 15.3. The van der Waals surface area contributed by atoms with Gasteiger partial charge in [-0.15, -0.1) is 5.10 Å². The molecule has 7 nitrogen and oxygen atoms in total. The van der Waals surface area contributed by atoms with Gasteiger partial charge in [-0.1, -0.05) is 27.1 Å². The number of hydrogen-bond acceptors (Lipinski definition) is 5. The lowest BCUT2D eigenvalue weighted by Gasteiger charge is -2.30.